The van der Waals surface area contributed by atoms with E-state index >= 15 is 0 Å². The Hall–Kier alpha value is -2.33. The van der Waals surface area contributed by atoms with Crippen molar-refractivity contribution in [2.75, 3.05) is 24.4 Å². The van der Waals surface area contributed by atoms with Crippen LogP contribution in [-0.2, 0) is 10.0 Å². The van der Waals surface area contributed by atoms with Crippen molar-refractivity contribution in [1.82, 2.24) is 4.90 Å². The fourth-order valence-corrected chi connectivity index (χ4v) is 4.19. The quantitative estimate of drug-likeness (QED) is 0.493. The number of carbonyl (C=O) groups excluding carboxylic acids is 1. The third kappa shape index (κ3) is 6.33. The number of hydrogen-bond acceptors (Lipinski definition) is 3. The summed E-state index contributed by atoms with van der Waals surface area (Å²) in [5.41, 5.74) is -0.193. The lowest BCUT2D eigenvalue weighted by Gasteiger charge is -2.25. The minimum atomic E-state index is -4.62. The molecule has 2 aromatic rings. The normalized spacial score (nSPS) is 12.0. The number of unbranched alkanes of at least 4 members (excludes halogenated alkanes) is 1. The number of sulfonamides is 1. The first-order valence-electron chi connectivity index (χ1n) is 9.27. The second-order valence-corrected chi connectivity index (χ2v) is 9.16. The van der Waals surface area contributed by atoms with Crippen molar-refractivity contribution in [3.63, 3.8) is 0 Å². The van der Waals surface area contributed by atoms with E-state index in [4.69, 9.17) is 11.6 Å². The Balaban J connectivity index is 2.43. The highest BCUT2D eigenvalue weighted by molar-refractivity contribution is 7.92. The minimum Gasteiger partial charge on any atom is -0.329 e. The van der Waals surface area contributed by atoms with Crippen molar-refractivity contribution in [1.29, 1.82) is 0 Å². The second-order valence-electron chi connectivity index (χ2n) is 6.79. The molecule has 0 heterocycles. The highest BCUT2D eigenvalue weighted by atomic mass is 35.5. The van der Waals surface area contributed by atoms with E-state index < -0.39 is 34.5 Å². The number of rotatable bonds is 8. The maximum absolute atomic E-state index is 13.1. The lowest BCUT2D eigenvalue weighted by Crippen LogP contribution is -2.39. The number of carbonyl (C=O) groups is 1. The Morgan fingerprint density at radius 3 is 2.26 bits per heavy atom. The highest BCUT2D eigenvalue weighted by Gasteiger charge is 2.34. The van der Waals surface area contributed by atoms with Crippen molar-refractivity contribution in [3.8, 4) is 0 Å². The van der Waals surface area contributed by atoms with Crippen LogP contribution in [0.4, 0.5) is 23.2 Å². The van der Waals surface area contributed by atoms with E-state index in [-0.39, 0.29) is 27.7 Å². The average Bonchev–Trinajstić information content (AvgIpc) is 2.70. The van der Waals surface area contributed by atoms with E-state index in [2.05, 4.69) is 0 Å². The Labute approximate surface area is 183 Å². The van der Waals surface area contributed by atoms with Crippen molar-refractivity contribution >= 4 is 33.2 Å². The van der Waals surface area contributed by atoms with E-state index in [1.54, 1.807) is 6.92 Å². The molecule has 0 N–H and O–H groups in total. The number of benzene rings is 2. The molecule has 0 atom stereocenters. The third-order valence-electron chi connectivity index (χ3n) is 4.46. The fourth-order valence-electron chi connectivity index (χ4n) is 2.76. The molecule has 11 heteroatoms. The van der Waals surface area contributed by atoms with Crippen LogP contribution < -0.4 is 4.31 Å². The molecule has 1 amide bonds. The van der Waals surface area contributed by atoms with Crippen LogP contribution in [0.3, 0.4) is 0 Å². The molecule has 0 aliphatic heterocycles. The van der Waals surface area contributed by atoms with Gasteiger partial charge in [0, 0.05) is 13.6 Å². The van der Waals surface area contributed by atoms with Gasteiger partial charge < -0.3 is 4.90 Å². The largest absolute Gasteiger partial charge is 0.406 e. The maximum atomic E-state index is 13.1. The summed E-state index contributed by atoms with van der Waals surface area (Å²) in [5.74, 6) is -1.57. The van der Waals surface area contributed by atoms with Crippen molar-refractivity contribution < 1.29 is 30.8 Å². The van der Waals surface area contributed by atoms with Crippen LogP contribution in [-0.4, -0.2) is 45.5 Å². The van der Waals surface area contributed by atoms with Gasteiger partial charge in [0.1, 0.15) is 12.4 Å². The molecule has 0 aliphatic rings. The molecular formula is C20H21ClF4N2O3S. The van der Waals surface area contributed by atoms with E-state index in [0.717, 1.165) is 34.6 Å². The number of anilines is 1. The summed E-state index contributed by atoms with van der Waals surface area (Å²) in [7, 11) is -2.96. The molecule has 170 valence electrons. The molecule has 0 saturated carbocycles. The van der Waals surface area contributed by atoms with Gasteiger partial charge in [-0.15, -0.1) is 0 Å². The Morgan fingerprint density at radius 1 is 1.10 bits per heavy atom. The first-order valence-corrected chi connectivity index (χ1v) is 11.1. The molecule has 0 radical (unpaired) electrons. The average molecular weight is 481 g/mol. The zero-order valence-electron chi connectivity index (χ0n) is 16.8. The topological polar surface area (TPSA) is 57.7 Å². The van der Waals surface area contributed by atoms with Gasteiger partial charge in [0.2, 0.25) is 0 Å². The van der Waals surface area contributed by atoms with Crippen LogP contribution in [0.15, 0.2) is 47.4 Å². The standard InChI is InChI=1S/C20H21ClF4N2O3S/c1-3-4-11-27(13-20(23,24)25)19(28)17-12-16(9-10-18(17)21)31(29,30)26(2)15-7-5-14(22)6-8-15/h5-10,12H,3-4,11,13H2,1-2H3. The van der Waals surface area contributed by atoms with Crippen LogP contribution in [0.5, 0.6) is 0 Å². The van der Waals surface area contributed by atoms with Crippen LogP contribution in [0.2, 0.25) is 5.02 Å². The zero-order valence-corrected chi connectivity index (χ0v) is 18.4. The van der Waals surface area contributed by atoms with Gasteiger partial charge in [0.05, 0.1) is 21.2 Å². The summed E-state index contributed by atoms with van der Waals surface area (Å²) in [4.78, 5) is 13.1. The highest BCUT2D eigenvalue weighted by Crippen LogP contribution is 2.28. The summed E-state index contributed by atoms with van der Waals surface area (Å²) < 4.78 is 78.8. The molecule has 0 spiro atoms. The maximum Gasteiger partial charge on any atom is 0.406 e. The van der Waals surface area contributed by atoms with Gasteiger partial charge >= 0.3 is 6.18 Å². The van der Waals surface area contributed by atoms with Gasteiger partial charge in [-0.3, -0.25) is 9.10 Å². The molecule has 5 nitrogen and oxygen atoms in total. The van der Waals surface area contributed by atoms with E-state index in [0.29, 0.717) is 17.7 Å². The molecule has 0 saturated heterocycles. The van der Waals surface area contributed by atoms with Crippen LogP contribution >= 0.6 is 11.6 Å². The number of alkyl halides is 3. The lowest BCUT2D eigenvalue weighted by atomic mass is 10.2. The number of amides is 1. The molecule has 0 fully saturated rings. The van der Waals surface area contributed by atoms with Gasteiger partial charge in [-0.1, -0.05) is 24.9 Å². The first kappa shape index (κ1) is 24.9. The summed E-state index contributed by atoms with van der Waals surface area (Å²) in [6, 6.07) is 7.92. The lowest BCUT2D eigenvalue weighted by molar-refractivity contribution is -0.140. The van der Waals surface area contributed by atoms with Gasteiger partial charge in [-0.2, -0.15) is 13.2 Å². The Bertz CT molecular complexity index is 1030. The van der Waals surface area contributed by atoms with Crippen molar-refractivity contribution in [2.45, 2.75) is 30.8 Å². The summed E-state index contributed by atoms with van der Waals surface area (Å²) in [5, 5.41) is -0.169. The molecular weight excluding hydrogens is 460 g/mol. The van der Waals surface area contributed by atoms with Gasteiger partial charge in [0.15, 0.2) is 0 Å². The number of hydrogen-bond donors (Lipinski definition) is 0. The van der Waals surface area contributed by atoms with Crippen molar-refractivity contribution in [2.24, 2.45) is 0 Å². The fraction of sp³-hybridized carbons (Fsp3) is 0.350. The molecule has 31 heavy (non-hydrogen) atoms. The summed E-state index contributed by atoms with van der Waals surface area (Å²) in [6.45, 7) is 0.133. The van der Waals surface area contributed by atoms with Crippen LogP contribution in [0, 0.1) is 5.82 Å². The second kappa shape index (κ2) is 9.86. The van der Waals surface area contributed by atoms with Crippen LogP contribution in [0.25, 0.3) is 0 Å². The third-order valence-corrected chi connectivity index (χ3v) is 6.57. The molecule has 2 rings (SSSR count). The predicted octanol–water partition coefficient (Wildman–Crippen LogP) is 5.11. The number of nitrogens with zero attached hydrogens (tertiary/aromatic N) is 2. The van der Waals surface area contributed by atoms with Crippen LogP contribution in [0.1, 0.15) is 30.1 Å². The molecule has 2 aromatic carbocycles. The molecule has 0 aromatic heterocycles. The number of halogens is 5. The smallest absolute Gasteiger partial charge is 0.329 e. The van der Waals surface area contributed by atoms with E-state index in [1.807, 2.05) is 0 Å². The first-order chi connectivity index (χ1) is 14.4. The van der Waals surface area contributed by atoms with E-state index in [9.17, 15) is 30.8 Å². The Morgan fingerprint density at radius 2 is 1.71 bits per heavy atom. The predicted molar refractivity (Wildman–Crippen MR) is 110 cm³/mol. The molecule has 0 unspecified atom stereocenters. The Kier molecular flexibility index (Phi) is 7.93. The summed E-state index contributed by atoms with van der Waals surface area (Å²) >= 11 is 6.03. The van der Waals surface area contributed by atoms with Gasteiger partial charge in [-0.05, 0) is 48.9 Å². The van der Waals surface area contributed by atoms with Crippen molar-refractivity contribution in [3.05, 3.63) is 58.9 Å². The zero-order chi connectivity index (χ0) is 23.4. The molecule has 0 aliphatic carbocycles. The minimum absolute atomic E-state index is 0.155. The van der Waals surface area contributed by atoms with E-state index in [1.165, 1.54) is 19.2 Å². The SMILES string of the molecule is CCCCN(CC(F)(F)F)C(=O)c1cc(S(=O)(=O)N(C)c2ccc(F)cc2)ccc1Cl. The molecule has 0 bridgehead atoms. The van der Waals surface area contributed by atoms with Gasteiger partial charge in [0.25, 0.3) is 15.9 Å². The monoisotopic (exact) mass is 480 g/mol. The van der Waals surface area contributed by atoms with Gasteiger partial charge in [-0.25, -0.2) is 12.8 Å². The summed E-state index contributed by atoms with van der Waals surface area (Å²) in [6.07, 6.45) is -3.72.